The molecule has 0 atom stereocenters. The lowest BCUT2D eigenvalue weighted by molar-refractivity contribution is 0.688. The number of aryl methyl sites for hydroxylation is 1. The highest BCUT2D eigenvalue weighted by atomic mass is 15.1. The highest BCUT2D eigenvalue weighted by Crippen LogP contribution is 2.40. The van der Waals surface area contributed by atoms with Gasteiger partial charge in [-0.15, -0.1) is 0 Å². The van der Waals surface area contributed by atoms with Gasteiger partial charge in [0, 0.05) is 23.0 Å². The van der Waals surface area contributed by atoms with Crippen LogP contribution in [0.3, 0.4) is 0 Å². The van der Waals surface area contributed by atoms with Crippen molar-refractivity contribution in [1.29, 1.82) is 0 Å². The van der Waals surface area contributed by atoms with Gasteiger partial charge in [-0.05, 0) is 125 Å². The van der Waals surface area contributed by atoms with Crippen LogP contribution in [0.1, 0.15) is 29.5 Å². The van der Waals surface area contributed by atoms with Crippen LogP contribution in [0.5, 0.6) is 0 Å². The lowest BCUT2D eigenvalue weighted by Gasteiger charge is -2.24. The molecule has 2 aromatic heterocycles. The Hall–Kier alpha value is -6.06. The molecule has 0 saturated carbocycles. The molecule has 0 radical (unpaired) electrons. The van der Waals surface area contributed by atoms with Gasteiger partial charge in [-0.2, -0.15) is 0 Å². The summed E-state index contributed by atoms with van der Waals surface area (Å²) in [5.41, 5.74) is 18.5. The number of imidazole rings is 1. The van der Waals surface area contributed by atoms with Gasteiger partial charge in [0.15, 0.2) is 0 Å². The number of aromatic nitrogens is 3. The first-order chi connectivity index (χ1) is 24.7. The zero-order valence-electron chi connectivity index (χ0n) is 28.2. The average molecular weight is 644 g/mol. The minimum atomic E-state index is 0.961. The molecule has 6 aromatic carbocycles. The Kier molecular flexibility index (Phi) is 7.66. The summed E-state index contributed by atoms with van der Waals surface area (Å²) in [6, 6.07) is 54.6. The third-order valence-corrected chi connectivity index (χ3v) is 10.1. The Labute approximate surface area is 293 Å². The molecule has 0 fully saturated rings. The number of nitrogens with zero attached hydrogens (tertiary/aromatic N) is 3. The van der Waals surface area contributed by atoms with E-state index < -0.39 is 0 Å². The summed E-state index contributed by atoms with van der Waals surface area (Å²) < 4.78 is 2.27. The molecule has 240 valence electrons. The number of pyridine rings is 1. The van der Waals surface area contributed by atoms with E-state index in [2.05, 4.69) is 156 Å². The van der Waals surface area contributed by atoms with Gasteiger partial charge in [-0.25, -0.2) is 4.98 Å². The Morgan fingerprint density at radius 3 is 1.86 bits per heavy atom. The highest BCUT2D eigenvalue weighted by molar-refractivity contribution is 5.85. The maximum atomic E-state index is 5.09. The first-order valence-corrected chi connectivity index (χ1v) is 17.6. The number of hydrogen-bond acceptors (Lipinski definition) is 2. The van der Waals surface area contributed by atoms with Crippen molar-refractivity contribution in [3.8, 4) is 61.7 Å². The maximum Gasteiger partial charge on any atom is 0.145 e. The number of rotatable bonds is 6. The van der Waals surface area contributed by atoms with Crippen LogP contribution in [0, 0.1) is 6.92 Å². The van der Waals surface area contributed by atoms with E-state index in [1.54, 1.807) is 0 Å². The van der Waals surface area contributed by atoms with Crippen LogP contribution in [-0.4, -0.2) is 14.5 Å². The molecule has 0 bridgehead atoms. The van der Waals surface area contributed by atoms with E-state index in [9.17, 15) is 0 Å². The first-order valence-electron chi connectivity index (χ1n) is 17.6. The molecular formula is C47H37N3. The second-order valence-corrected chi connectivity index (χ2v) is 13.4. The minimum absolute atomic E-state index is 0.961. The predicted molar refractivity (Wildman–Crippen MR) is 207 cm³/mol. The van der Waals surface area contributed by atoms with Crippen molar-refractivity contribution in [2.45, 2.75) is 32.6 Å². The Morgan fingerprint density at radius 1 is 0.500 bits per heavy atom. The molecule has 0 saturated heterocycles. The maximum absolute atomic E-state index is 5.09. The smallest absolute Gasteiger partial charge is 0.145 e. The van der Waals surface area contributed by atoms with E-state index in [4.69, 9.17) is 4.98 Å². The number of para-hydroxylation sites is 3. The van der Waals surface area contributed by atoms with E-state index in [0.29, 0.717) is 0 Å². The SMILES string of the molecule is Cc1cc(-c2ccc(-c3ccccn3)cc2)cc(-c2ccc(-c3ccc(-c4nc5ccccc5n4-c4ccccc4)cc3)c3c2CCCC3)c1. The lowest BCUT2D eigenvalue weighted by atomic mass is 9.81. The van der Waals surface area contributed by atoms with E-state index in [-0.39, 0.29) is 0 Å². The fraction of sp³-hybridized carbons (Fsp3) is 0.106. The zero-order chi connectivity index (χ0) is 33.4. The second-order valence-electron chi connectivity index (χ2n) is 13.4. The van der Waals surface area contributed by atoms with Gasteiger partial charge < -0.3 is 0 Å². The molecule has 1 aliphatic rings. The Bertz CT molecular complexity index is 2460. The van der Waals surface area contributed by atoms with Gasteiger partial charge in [-0.1, -0.05) is 109 Å². The van der Waals surface area contributed by atoms with Crippen LogP contribution in [0.4, 0.5) is 0 Å². The Balaban J connectivity index is 1.07. The van der Waals surface area contributed by atoms with Crippen LogP contribution in [-0.2, 0) is 12.8 Å². The molecule has 0 amide bonds. The van der Waals surface area contributed by atoms with E-state index in [1.165, 1.54) is 62.9 Å². The predicted octanol–water partition coefficient (Wildman–Crippen LogP) is 11.9. The molecule has 1 aliphatic carbocycles. The monoisotopic (exact) mass is 643 g/mol. The number of benzene rings is 6. The van der Waals surface area contributed by atoms with Gasteiger partial charge in [-0.3, -0.25) is 9.55 Å². The topological polar surface area (TPSA) is 30.7 Å². The van der Waals surface area contributed by atoms with Crippen molar-refractivity contribution in [2.24, 2.45) is 0 Å². The normalized spacial score (nSPS) is 12.6. The van der Waals surface area contributed by atoms with Gasteiger partial charge in [0.05, 0.1) is 16.7 Å². The summed E-state index contributed by atoms with van der Waals surface area (Å²) >= 11 is 0. The summed E-state index contributed by atoms with van der Waals surface area (Å²) in [7, 11) is 0. The second kappa shape index (κ2) is 12.8. The summed E-state index contributed by atoms with van der Waals surface area (Å²) in [4.78, 5) is 9.62. The average Bonchev–Trinajstić information content (AvgIpc) is 3.58. The number of hydrogen-bond donors (Lipinski definition) is 0. The molecular weight excluding hydrogens is 607 g/mol. The molecule has 0 aliphatic heterocycles. The first kappa shape index (κ1) is 30.0. The molecule has 3 nitrogen and oxygen atoms in total. The Morgan fingerprint density at radius 2 is 1.12 bits per heavy atom. The molecule has 0 N–H and O–H groups in total. The summed E-state index contributed by atoms with van der Waals surface area (Å²) in [6.07, 6.45) is 6.52. The van der Waals surface area contributed by atoms with Gasteiger partial charge in [0.2, 0.25) is 0 Å². The van der Waals surface area contributed by atoms with Crippen LogP contribution in [0.15, 0.2) is 158 Å². The van der Waals surface area contributed by atoms with Gasteiger partial charge in [0.25, 0.3) is 0 Å². The van der Waals surface area contributed by atoms with Gasteiger partial charge >= 0.3 is 0 Å². The van der Waals surface area contributed by atoms with Crippen LogP contribution < -0.4 is 0 Å². The summed E-state index contributed by atoms with van der Waals surface area (Å²) in [5, 5.41) is 0. The third kappa shape index (κ3) is 5.51. The standard InChI is InChI=1S/C47H37N3/c1-32-29-37(33-18-22-35(23-19-33)44-15-9-10-28-48-44)31-38(30-32)41-27-26-40(42-13-5-6-14-43(41)42)34-20-24-36(25-21-34)47-49-45-16-7-8-17-46(45)50(47)39-11-3-2-4-12-39/h2-4,7-12,15-31H,5-6,13-14H2,1H3. The van der Waals surface area contributed by atoms with E-state index in [1.807, 2.05) is 18.3 Å². The summed E-state index contributed by atoms with van der Waals surface area (Å²) in [5.74, 6) is 0.961. The highest BCUT2D eigenvalue weighted by Gasteiger charge is 2.20. The molecule has 8 aromatic rings. The van der Waals surface area contributed by atoms with Crippen LogP contribution in [0.25, 0.3) is 72.7 Å². The van der Waals surface area contributed by atoms with E-state index in [0.717, 1.165) is 52.2 Å². The fourth-order valence-corrected chi connectivity index (χ4v) is 7.74. The van der Waals surface area contributed by atoms with E-state index >= 15 is 0 Å². The van der Waals surface area contributed by atoms with Crippen LogP contribution in [0.2, 0.25) is 0 Å². The van der Waals surface area contributed by atoms with Crippen molar-refractivity contribution in [1.82, 2.24) is 14.5 Å². The fourth-order valence-electron chi connectivity index (χ4n) is 7.74. The van der Waals surface area contributed by atoms with Gasteiger partial charge in [0.1, 0.15) is 5.82 Å². The molecule has 3 heteroatoms. The van der Waals surface area contributed by atoms with Crippen molar-refractivity contribution in [2.75, 3.05) is 0 Å². The minimum Gasteiger partial charge on any atom is -0.292 e. The van der Waals surface area contributed by atoms with Crippen LogP contribution >= 0.6 is 0 Å². The molecule has 9 rings (SSSR count). The quantitative estimate of drug-likeness (QED) is 0.180. The zero-order valence-corrected chi connectivity index (χ0v) is 28.2. The van der Waals surface area contributed by atoms with Crippen molar-refractivity contribution >= 4 is 11.0 Å². The van der Waals surface area contributed by atoms with Crippen molar-refractivity contribution in [3.63, 3.8) is 0 Å². The molecule has 0 spiro atoms. The van der Waals surface area contributed by atoms with Crippen molar-refractivity contribution < 1.29 is 0 Å². The third-order valence-electron chi connectivity index (χ3n) is 10.1. The molecule has 2 heterocycles. The largest absolute Gasteiger partial charge is 0.292 e. The number of fused-ring (bicyclic) bond motifs is 2. The molecule has 0 unspecified atom stereocenters. The lowest BCUT2D eigenvalue weighted by Crippen LogP contribution is -2.07. The van der Waals surface area contributed by atoms with Crippen molar-refractivity contribution in [3.05, 3.63) is 175 Å². The summed E-state index contributed by atoms with van der Waals surface area (Å²) in [6.45, 7) is 2.21. The molecule has 50 heavy (non-hydrogen) atoms.